The van der Waals surface area contributed by atoms with Crippen LogP contribution in [0.4, 0.5) is 24.5 Å². The topological polar surface area (TPSA) is 24.5 Å². The molecule has 1 saturated heterocycles. The number of hydrogen-bond donors (Lipinski definition) is 1. The molecule has 0 aromatic heterocycles. The predicted molar refractivity (Wildman–Crippen MR) is 120 cm³/mol. The molecule has 1 atom stereocenters. The highest BCUT2D eigenvalue weighted by molar-refractivity contribution is 8.19. The van der Waals surface area contributed by atoms with Crippen LogP contribution in [0.15, 0.2) is 42.0 Å². The van der Waals surface area contributed by atoms with Gasteiger partial charge in [0.05, 0.1) is 10.6 Å². The van der Waals surface area contributed by atoms with Crippen LogP contribution in [0.5, 0.6) is 0 Å². The molecular formula is C22H29F3N2OS. The number of anilines is 2. The molecule has 1 fully saturated rings. The maximum absolute atomic E-state index is 12.8. The number of ether oxygens (including phenoxy) is 1. The summed E-state index contributed by atoms with van der Waals surface area (Å²) >= 11 is 0. The van der Waals surface area contributed by atoms with Crippen molar-refractivity contribution in [3.05, 3.63) is 58.7 Å². The highest BCUT2D eigenvalue weighted by Gasteiger charge is 2.32. The second kappa shape index (κ2) is 9.57. The highest BCUT2D eigenvalue weighted by atomic mass is 32.2. The Kier molecular flexibility index (Phi) is 7.63. The van der Waals surface area contributed by atoms with Crippen molar-refractivity contribution in [3.63, 3.8) is 0 Å². The van der Waals surface area contributed by atoms with E-state index in [9.17, 15) is 13.2 Å². The fraction of sp³-hybridized carbons (Fsp3) is 0.409. The van der Waals surface area contributed by atoms with E-state index in [0.717, 1.165) is 36.0 Å². The average Bonchev–Trinajstić information content (AvgIpc) is 3.15. The van der Waals surface area contributed by atoms with Crippen LogP contribution in [0, 0.1) is 20.8 Å². The Morgan fingerprint density at radius 2 is 1.76 bits per heavy atom. The second-order valence-electron chi connectivity index (χ2n) is 6.91. The van der Waals surface area contributed by atoms with E-state index in [0.29, 0.717) is 4.91 Å². The highest BCUT2D eigenvalue weighted by Crippen LogP contribution is 2.40. The smallest absolute Gasteiger partial charge is 0.405 e. The molecule has 1 N–H and O–H groups in total. The van der Waals surface area contributed by atoms with Gasteiger partial charge in [-0.3, -0.25) is 0 Å². The summed E-state index contributed by atoms with van der Waals surface area (Å²) in [6.45, 7) is 17.2. The summed E-state index contributed by atoms with van der Waals surface area (Å²) in [5, 5.41) is 1.81. The Morgan fingerprint density at radius 3 is 2.24 bits per heavy atom. The molecule has 1 heterocycles. The van der Waals surface area contributed by atoms with E-state index >= 15 is 0 Å². The van der Waals surface area contributed by atoms with Gasteiger partial charge in [0.25, 0.3) is 0 Å². The van der Waals surface area contributed by atoms with E-state index < -0.39 is 17.0 Å². The molecule has 3 nitrogen and oxygen atoms in total. The van der Waals surface area contributed by atoms with Crippen LogP contribution in [0.25, 0.3) is 0 Å². The van der Waals surface area contributed by atoms with Gasteiger partial charge in [-0.25, -0.2) is 0 Å². The van der Waals surface area contributed by atoms with Crippen molar-refractivity contribution in [1.29, 1.82) is 0 Å². The summed E-state index contributed by atoms with van der Waals surface area (Å²) in [6, 6.07) is 2.12. The van der Waals surface area contributed by atoms with Crippen LogP contribution in [0.2, 0.25) is 0 Å². The summed E-state index contributed by atoms with van der Waals surface area (Å²) in [4.78, 5) is 2.69. The zero-order valence-corrected chi connectivity index (χ0v) is 18.3. The maximum atomic E-state index is 12.8. The molecule has 1 unspecified atom stereocenters. The minimum Gasteiger partial charge on any atom is -0.405 e. The van der Waals surface area contributed by atoms with Crippen LogP contribution in [0.1, 0.15) is 36.5 Å². The van der Waals surface area contributed by atoms with E-state index in [2.05, 4.69) is 47.4 Å². The van der Waals surface area contributed by atoms with Crippen LogP contribution in [-0.2, 0) is 4.74 Å². The molecular weight excluding hydrogens is 397 g/mol. The van der Waals surface area contributed by atoms with E-state index in [-0.39, 0.29) is 5.76 Å². The molecule has 1 aliphatic rings. The third-order valence-corrected chi connectivity index (χ3v) is 6.61. The maximum Gasteiger partial charge on any atom is 0.573 e. The third kappa shape index (κ3) is 5.47. The van der Waals surface area contributed by atoms with E-state index in [1.165, 1.54) is 30.2 Å². The zero-order chi connectivity index (χ0) is 21.8. The Balaban J connectivity index is 2.51. The Labute approximate surface area is 174 Å². The number of alkyl halides is 3. The Bertz CT molecular complexity index is 851. The van der Waals surface area contributed by atoms with Gasteiger partial charge in [-0.1, -0.05) is 36.0 Å². The van der Waals surface area contributed by atoms with Gasteiger partial charge in [0.15, 0.2) is 0 Å². The van der Waals surface area contributed by atoms with Gasteiger partial charge < -0.3 is 14.4 Å². The zero-order valence-electron chi connectivity index (χ0n) is 17.4. The van der Waals surface area contributed by atoms with Gasteiger partial charge in [-0.2, -0.15) is 0 Å². The van der Waals surface area contributed by atoms with Gasteiger partial charge in [-0.15, -0.1) is 13.2 Å². The van der Waals surface area contributed by atoms with Gasteiger partial charge in [-0.05, 0) is 68.7 Å². The van der Waals surface area contributed by atoms with E-state index in [1.54, 1.807) is 6.92 Å². The van der Waals surface area contributed by atoms with Gasteiger partial charge in [0.2, 0.25) is 0 Å². The molecule has 0 spiro atoms. The van der Waals surface area contributed by atoms with Gasteiger partial charge >= 0.3 is 6.36 Å². The molecule has 1 aromatic carbocycles. The van der Waals surface area contributed by atoms with Crippen molar-refractivity contribution in [2.45, 2.75) is 46.9 Å². The molecule has 1 aromatic rings. The van der Waals surface area contributed by atoms with Gasteiger partial charge in [0.1, 0.15) is 5.76 Å². The molecule has 0 saturated carbocycles. The summed E-state index contributed by atoms with van der Waals surface area (Å²) in [7, 11) is -0.850. The quantitative estimate of drug-likeness (QED) is 0.296. The number of nitrogens with one attached hydrogen (secondary N) is 1. The predicted octanol–water partition coefficient (Wildman–Crippen LogP) is 6.75. The van der Waals surface area contributed by atoms with Crippen LogP contribution in [-0.4, -0.2) is 24.8 Å². The minimum absolute atomic E-state index is 0.307. The van der Waals surface area contributed by atoms with Crippen LogP contribution >= 0.6 is 10.7 Å². The Morgan fingerprint density at radius 1 is 1.14 bits per heavy atom. The SMILES string of the molecule is C=C/C(OC(F)(F)F)=C(C=C)/S(=C\C)Nc1c(C)cc(C)c(N2CCCC2)c1C. The first-order valence-corrected chi connectivity index (χ1v) is 10.8. The van der Waals surface area contributed by atoms with Crippen molar-refractivity contribution in [2.75, 3.05) is 22.7 Å². The van der Waals surface area contributed by atoms with Crippen molar-refractivity contribution in [3.8, 4) is 0 Å². The molecule has 160 valence electrons. The van der Waals surface area contributed by atoms with Crippen molar-refractivity contribution < 1.29 is 17.9 Å². The summed E-state index contributed by atoms with van der Waals surface area (Å²) in [5.74, 6) is -0.344. The molecule has 0 aliphatic carbocycles. The fourth-order valence-electron chi connectivity index (χ4n) is 3.73. The fourth-order valence-corrected chi connectivity index (χ4v) is 5.26. The summed E-state index contributed by atoms with van der Waals surface area (Å²) in [6.07, 6.45) is 0.00534. The first kappa shape index (κ1) is 23.1. The van der Waals surface area contributed by atoms with Gasteiger partial charge in [0, 0.05) is 18.8 Å². The van der Waals surface area contributed by atoms with E-state index in [4.69, 9.17) is 0 Å². The number of rotatable bonds is 7. The molecule has 0 bridgehead atoms. The molecule has 2 rings (SSSR count). The molecule has 1 aliphatic heterocycles. The van der Waals surface area contributed by atoms with Crippen molar-refractivity contribution >= 4 is 27.4 Å². The van der Waals surface area contributed by atoms with Crippen LogP contribution in [0.3, 0.4) is 0 Å². The lowest BCUT2D eigenvalue weighted by Crippen LogP contribution is -2.20. The lowest BCUT2D eigenvalue weighted by molar-refractivity contribution is -0.303. The molecule has 0 amide bonds. The second-order valence-corrected chi connectivity index (χ2v) is 8.70. The molecule has 7 heteroatoms. The number of halogens is 3. The number of aryl methyl sites for hydroxylation is 2. The van der Waals surface area contributed by atoms with Crippen LogP contribution < -0.4 is 9.62 Å². The normalized spacial score (nSPS) is 16.4. The Hall–Kier alpha value is -2.15. The largest absolute Gasteiger partial charge is 0.573 e. The molecule has 0 radical (unpaired) electrons. The monoisotopic (exact) mass is 426 g/mol. The minimum atomic E-state index is -4.79. The summed E-state index contributed by atoms with van der Waals surface area (Å²) < 4.78 is 46.0. The van der Waals surface area contributed by atoms with Crippen molar-refractivity contribution in [1.82, 2.24) is 0 Å². The molecule has 29 heavy (non-hydrogen) atoms. The first-order valence-electron chi connectivity index (χ1n) is 9.52. The standard InChI is InChI=1S/C22H29F3N2OS/c1-7-18(28-22(23,24)25)19(8-2)29(9-3)26-20-15(4)14-16(5)21(17(20)6)27-12-10-11-13-27/h7-9,14,26H,1-2,10-13H2,3-6H3/b19-18-. The number of hydrogen-bond acceptors (Lipinski definition) is 3. The number of nitrogens with zero attached hydrogens (tertiary/aromatic N) is 1. The third-order valence-electron chi connectivity index (χ3n) is 4.88. The average molecular weight is 427 g/mol. The lowest BCUT2D eigenvalue weighted by Gasteiger charge is -2.27. The lowest BCUT2D eigenvalue weighted by atomic mass is 10.0. The summed E-state index contributed by atoms with van der Waals surface area (Å²) in [5.41, 5.74) is 5.48. The van der Waals surface area contributed by atoms with Crippen molar-refractivity contribution in [2.24, 2.45) is 0 Å². The number of benzene rings is 1. The first-order chi connectivity index (χ1) is 13.6. The van der Waals surface area contributed by atoms with E-state index in [1.807, 2.05) is 12.3 Å². The number of allylic oxidation sites excluding steroid dienone is 2.